The van der Waals surface area contributed by atoms with Crippen LogP contribution in [-0.2, 0) is 4.79 Å². The molecule has 0 atom stereocenters. The number of hydrogen-bond acceptors (Lipinski definition) is 2. The Bertz CT molecular complexity index is 411. The molecule has 2 rings (SSSR count). The molecule has 0 unspecified atom stereocenters. The summed E-state index contributed by atoms with van der Waals surface area (Å²) >= 11 is 8.99. The number of ether oxygens (including phenoxy) is 1. The van der Waals surface area contributed by atoms with Crippen molar-refractivity contribution in [1.82, 2.24) is 0 Å². The van der Waals surface area contributed by atoms with E-state index in [1.165, 1.54) is 0 Å². The Kier molecular flexibility index (Phi) is 3.71. The van der Waals surface area contributed by atoms with Crippen molar-refractivity contribution < 1.29 is 9.53 Å². The first-order chi connectivity index (χ1) is 7.72. The topological polar surface area (TPSA) is 29.5 Å². The first kappa shape index (κ1) is 11.7. The van der Waals surface area contributed by atoms with Crippen LogP contribution in [0.15, 0.2) is 22.7 Å². The summed E-state index contributed by atoms with van der Waals surface area (Å²) in [4.78, 5) is 13.4. The SMILES string of the molecule is O=C(CCl)N1CCCOc2ccc(Br)cc21. The third kappa shape index (κ3) is 2.33. The van der Waals surface area contributed by atoms with E-state index in [9.17, 15) is 4.79 Å². The van der Waals surface area contributed by atoms with Crippen LogP contribution in [0.1, 0.15) is 6.42 Å². The van der Waals surface area contributed by atoms with Gasteiger partial charge in [-0.2, -0.15) is 0 Å². The first-order valence-corrected chi connectivity index (χ1v) is 6.34. The molecule has 0 aliphatic carbocycles. The lowest BCUT2D eigenvalue weighted by Gasteiger charge is -2.20. The van der Waals surface area contributed by atoms with Crippen molar-refractivity contribution in [2.45, 2.75) is 6.42 Å². The van der Waals surface area contributed by atoms with Crippen LogP contribution in [0.2, 0.25) is 0 Å². The summed E-state index contributed by atoms with van der Waals surface area (Å²) in [7, 11) is 0. The van der Waals surface area contributed by atoms with Crippen molar-refractivity contribution in [3.8, 4) is 5.75 Å². The maximum absolute atomic E-state index is 11.7. The summed E-state index contributed by atoms with van der Waals surface area (Å²) in [5, 5.41) is 0. The van der Waals surface area contributed by atoms with E-state index in [-0.39, 0.29) is 11.8 Å². The Balaban J connectivity index is 2.42. The predicted molar refractivity (Wildman–Crippen MR) is 67.3 cm³/mol. The molecule has 5 heteroatoms. The lowest BCUT2D eigenvalue weighted by Crippen LogP contribution is -2.32. The van der Waals surface area contributed by atoms with Crippen LogP contribution in [0.3, 0.4) is 0 Å². The van der Waals surface area contributed by atoms with Gasteiger partial charge in [-0.3, -0.25) is 4.79 Å². The summed E-state index contributed by atoms with van der Waals surface area (Å²) in [6.45, 7) is 1.27. The number of anilines is 1. The highest BCUT2D eigenvalue weighted by Gasteiger charge is 2.21. The second-order valence-electron chi connectivity index (χ2n) is 3.49. The van der Waals surface area contributed by atoms with E-state index in [0.29, 0.717) is 13.2 Å². The minimum atomic E-state index is -0.0912. The van der Waals surface area contributed by atoms with Gasteiger partial charge in [-0.1, -0.05) is 15.9 Å². The van der Waals surface area contributed by atoms with Crippen molar-refractivity contribution >= 4 is 39.1 Å². The summed E-state index contributed by atoms with van der Waals surface area (Å²) in [6, 6.07) is 5.64. The van der Waals surface area contributed by atoms with Gasteiger partial charge >= 0.3 is 0 Å². The molecule has 0 N–H and O–H groups in total. The van der Waals surface area contributed by atoms with E-state index in [0.717, 1.165) is 22.3 Å². The average molecular weight is 305 g/mol. The number of alkyl halides is 1. The molecule has 1 heterocycles. The zero-order valence-corrected chi connectivity index (χ0v) is 10.9. The second-order valence-corrected chi connectivity index (χ2v) is 4.68. The number of halogens is 2. The Morgan fingerprint density at radius 1 is 1.56 bits per heavy atom. The van der Waals surface area contributed by atoms with Gasteiger partial charge in [0.25, 0.3) is 0 Å². The number of rotatable bonds is 1. The molecule has 86 valence electrons. The highest BCUT2D eigenvalue weighted by Crippen LogP contribution is 2.33. The number of hydrogen-bond donors (Lipinski definition) is 0. The molecule has 0 fully saturated rings. The molecule has 1 aliphatic rings. The molecule has 0 saturated carbocycles. The fourth-order valence-electron chi connectivity index (χ4n) is 1.68. The molecule has 0 saturated heterocycles. The summed E-state index contributed by atoms with van der Waals surface area (Å²) in [5.41, 5.74) is 0.789. The third-order valence-corrected chi connectivity index (χ3v) is 3.13. The number of fused-ring (bicyclic) bond motifs is 1. The van der Waals surface area contributed by atoms with Gasteiger partial charge in [-0.05, 0) is 24.6 Å². The Hall–Kier alpha value is -0.740. The quantitative estimate of drug-likeness (QED) is 0.747. The Labute approximate surface area is 107 Å². The van der Waals surface area contributed by atoms with Crippen LogP contribution >= 0.6 is 27.5 Å². The van der Waals surface area contributed by atoms with Crippen LogP contribution in [0, 0.1) is 0 Å². The lowest BCUT2D eigenvalue weighted by molar-refractivity contribution is -0.116. The van der Waals surface area contributed by atoms with E-state index < -0.39 is 0 Å². The summed E-state index contributed by atoms with van der Waals surface area (Å²) in [6.07, 6.45) is 0.814. The van der Waals surface area contributed by atoms with Crippen LogP contribution < -0.4 is 9.64 Å². The van der Waals surface area contributed by atoms with Gasteiger partial charge in [0.05, 0.1) is 12.3 Å². The van der Waals surface area contributed by atoms with Gasteiger partial charge in [-0.25, -0.2) is 0 Å². The minimum absolute atomic E-state index is 0.00798. The standard InChI is InChI=1S/C11H11BrClNO2/c12-8-2-3-10-9(6-8)14(11(15)7-13)4-1-5-16-10/h2-3,6H,1,4-5,7H2. The first-order valence-electron chi connectivity index (χ1n) is 5.01. The van der Waals surface area contributed by atoms with E-state index in [4.69, 9.17) is 16.3 Å². The molecule has 0 spiro atoms. The van der Waals surface area contributed by atoms with E-state index >= 15 is 0 Å². The van der Waals surface area contributed by atoms with Crippen molar-refractivity contribution in [3.63, 3.8) is 0 Å². The number of benzene rings is 1. The molecule has 1 aromatic carbocycles. The second kappa shape index (κ2) is 5.06. The van der Waals surface area contributed by atoms with Crippen LogP contribution in [0.5, 0.6) is 5.75 Å². The molecular weight excluding hydrogens is 293 g/mol. The van der Waals surface area contributed by atoms with Crippen molar-refractivity contribution in [2.24, 2.45) is 0 Å². The van der Waals surface area contributed by atoms with Gasteiger partial charge in [0.1, 0.15) is 11.6 Å². The Morgan fingerprint density at radius 3 is 3.12 bits per heavy atom. The fraction of sp³-hybridized carbons (Fsp3) is 0.364. The molecule has 1 aliphatic heterocycles. The molecule has 1 aromatic rings. The van der Waals surface area contributed by atoms with Crippen molar-refractivity contribution in [1.29, 1.82) is 0 Å². The molecule has 0 radical (unpaired) electrons. The zero-order chi connectivity index (χ0) is 11.5. The van der Waals surface area contributed by atoms with E-state index in [2.05, 4.69) is 15.9 Å². The van der Waals surface area contributed by atoms with Gasteiger partial charge in [0.15, 0.2) is 0 Å². The van der Waals surface area contributed by atoms with Crippen LogP contribution in [-0.4, -0.2) is 24.9 Å². The minimum Gasteiger partial charge on any atom is -0.491 e. The summed E-state index contributed by atoms with van der Waals surface area (Å²) < 4.78 is 6.49. The van der Waals surface area contributed by atoms with Gasteiger partial charge < -0.3 is 9.64 Å². The van der Waals surface area contributed by atoms with Gasteiger partial charge in [0, 0.05) is 11.0 Å². The monoisotopic (exact) mass is 303 g/mol. The molecule has 1 amide bonds. The number of carbonyl (C=O) groups excluding carboxylic acids is 1. The smallest absolute Gasteiger partial charge is 0.242 e. The largest absolute Gasteiger partial charge is 0.491 e. The third-order valence-electron chi connectivity index (χ3n) is 2.41. The van der Waals surface area contributed by atoms with Gasteiger partial charge in [-0.15, -0.1) is 11.6 Å². The van der Waals surface area contributed by atoms with Crippen LogP contribution in [0.4, 0.5) is 5.69 Å². The fourth-order valence-corrected chi connectivity index (χ4v) is 2.17. The maximum atomic E-state index is 11.7. The van der Waals surface area contributed by atoms with E-state index in [1.807, 2.05) is 18.2 Å². The lowest BCUT2D eigenvalue weighted by atomic mass is 10.2. The predicted octanol–water partition coefficient (Wildman–Crippen LogP) is 2.80. The maximum Gasteiger partial charge on any atom is 0.242 e. The normalized spacial score (nSPS) is 15.0. The average Bonchev–Trinajstić information content (AvgIpc) is 2.50. The van der Waals surface area contributed by atoms with E-state index in [1.54, 1.807) is 4.90 Å². The zero-order valence-electron chi connectivity index (χ0n) is 8.58. The number of amides is 1. The molecule has 16 heavy (non-hydrogen) atoms. The highest BCUT2D eigenvalue weighted by molar-refractivity contribution is 9.10. The van der Waals surface area contributed by atoms with Gasteiger partial charge in [0.2, 0.25) is 5.91 Å². The molecule has 3 nitrogen and oxygen atoms in total. The number of carbonyl (C=O) groups is 1. The van der Waals surface area contributed by atoms with Crippen molar-refractivity contribution in [3.05, 3.63) is 22.7 Å². The van der Waals surface area contributed by atoms with Crippen molar-refractivity contribution in [2.75, 3.05) is 23.9 Å². The molecular formula is C11H11BrClNO2. The Morgan fingerprint density at radius 2 is 2.38 bits per heavy atom. The summed E-state index contributed by atoms with van der Waals surface area (Å²) in [5.74, 6) is 0.636. The number of nitrogens with zero attached hydrogens (tertiary/aromatic N) is 1. The molecule has 0 aromatic heterocycles. The molecule has 0 bridgehead atoms. The van der Waals surface area contributed by atoms with Crippen LogP contribution in [0.25, 0.3) is 0 Å². The highest BCUT2D eigenvalue weighted by atomic mass is 79.9.